The highest BCUT2D eigenvalue weighted by atomic mass is 16.3. The van der Waals surface area contributed by atoms with Crippen LogP contribution >= 0.6 is 0 Å². The van der Waals surface area contributed by atoms with Gasteiger partial charge in [-0.05, 0) is 61.8 Å². The highest BCUT2D eigenvalue weighted by Gasteiger charge is 2.52. The number of benzene rings is 1. The van der Waals surface area contributed by atoms with Gasteiger partial charge in [-0.1, -0.05) is 30.3 Å². The van der Waals surface area contributed by atoms with E-state index < -0.39 is 11.8 Å². The SMILES string of the molecule is O=C(NC12CC3CC(CC(C3)C1)C2)C(=O)N(CCO)Cc1ccccc1. The molecule has 0 unspecified atom stereocenters. The molecule has 0 heterocycles. The maximum absolute atomic E-state index is 12.8. The molecular weight excluding hydrogens is 328 g/mol. The molecule has 4 saturated carbocycles. The molecule has 2 N–H and O–H groups in total. The Morgan fingerprint density at radius 2 is 1.62 bits per heavy atom. The van der Waals surface area contributed by atoms with Gasteiger partial charge in [-0.2, -0.15) is 0 Å². The van der Waals surface area contributed by atoms with Gasteiger partial charge in [0.05, 0.1) is 6.61 Å². The van der Waals surface area contributed by atoms with Crippen molar-refractivity contribution in [3.8, 4) is 0 Å². The van der Waals surface area contributed by atoms with Crippen LogP contribution in [0.2, 0.25) is 0 Å². The van der Waals surface area contributed by atoms with E-state index in [0.29, 0.717) is 6.54 Å². The van der Waals surface area contributed by atoms with Gasteiger partial charge >= 0.3 is 11.8 Å². The van der Waals surface area contributed by atoms with Gasteiger partial charge in [-0.15, -0.1) is 0 Å². The van der Waals surface area contributed by atoms with Crippen LogP contribution in [0.15, 0.2) is 30.3 Å². The number of amides is 2. The number of hydrogen-bond acceptors (Lipinski definition) is 3. The van der Waals surface area contributed by atoms with Gasteiger partial charge in [0.25, 0.3) is 0 Å². The maximum Gasteiger partial charge on any atom is 0.312 e. The van der Waals surface area contributed by atoms with Crippen LogP contribution < -0.4 is 5.32 Å². The fourth-order valence-electron chi connectivity index (χ4n) is 5.88. The lowest BCUT2D eigenvalue weighted by atomic mass is 9.53. The molecule has 4 fully saturated rings. The second-order valence-electron chi connectivity index (χ2n) is 8.59. The van der Waals surface area contributed by atoms with Crippen LogP contribution in [-0.4, -0.2) is 40.5 Å². The summed E-state index contributed by atoms with van der Waals surface area (Å²) in [6.45, 7) is 0.361. The number of hydrogen-bond donors (Lipinski definition) is 2. The molecule has 0 aromatic heterocycles. The molecule has 4 aliphatic rings. The average Bonchev–Trinajstić information content (AvgIpc) is 2.60. The van der Waals surface area contributed by atoms with E-state index in [0.717, 1.165) is 42.6 Å². The third-order valence-corrected chi connectivity index (χ3v) is 6.48. The Balaban J connectivity index is 1.43. The molecule has 0 saturated heterocycles. The molecule has 2 amide bonds. The molecule has 0 spiro atoms. The number of carbonyl (C=O) groups excluding carboxylic acids is 2. The lowest BCUT2D eigenvalue weighted by Gasteiger charge is -2.56. The highest BCUT2D eigenvalue weighted by molar-refractivity contribution is 6.35. The summed E-state index contributed by atoms with van der Waals surface area (Å²) < 4.78 is 0. The van der Waals surface area contributed by atoms with Gasteiger partial charge in [-0.25, -0.2) is 0 Å². The quantitative estimate of drug-likeness (QED) is 0.794. The molecule has 0 radical (unpaired) electrons. The minimum absolute atomic E-state index is 0.150. The van der Waals surface area contributed by atoms with Crippen LogP contribution in [0, 0.1) is 17.8 Å². The summed E-state index contributed by atoms with van der Waals surface area (Å²) >= 11 is 0. The summed E-state index contributed by atoms with van der Waals surface area (Å²) in [6.07, 6.45) is 6.97. The van der Waals surface area contributed by atoms with E-state index in [1.807, 2.05) is 30.3 Å². The van der Waals surface area contributed by atoms with Crippen molar-refractivity contribution in [3.63, 3.8) is 0 Å². The first-order valence-corrected chi connectivity index (χ1v) is 9.83. The normalized spacial score (nSPS) is 31.7. The van der Waals surface area contributed by atoms with Crippen LogP contribution in [0.25, 0.3) is 0 Å². The van der Waals surface area contributed by atoms with E-state index in [2.05, 4.69) is 5.32 Å². The first kappa shape index (κ1) is 17.5. The second kappa shape index (κ2) is 7.03. The van der Waals surface area contributed by atoms with Gasteiger partial charge in [0.2, 0.25) is 0 Å². The van der Waals surface area contributed by atoms with Crippen LogP contribution in [-0.2, 0) is 16.1 Å². The molecular formula is C21H28N2O3. The molecule has 26 heavy (non-hydrogen) atoms. The number of nitrogens with one attached hydrogen (secondary N) is 1. The Bertz CT molecular complexity index is 638. The molecule has 5 heteroatoms. The van der Waals surface area contributed by atoms with E-state index in [1.54, 1.807) is 0 Å². The molecule has 5 rings (SSSR count). The smallest absolute Gasteiger partial charge is 0.312 e. The Morgan fingerprint density at radius 3 is 2.15 bits per heavy atom. The zero-order valence-corrected chi connectivity index (χ0v) is 15.2. The molecule has 140 valence electrons. The summed E-state index contributed by atoms with van der Waals surface area (Å²) in [7, 11) is 0. The maximum atomic E-state index is 12.8. The molecule has 5 nitrogen and oxygen atoms in total. The fourth-order valence-corrected chi connectivity index (χ4v) is 5.88. The molecule has 0 atom stereocenters. The largest absolute Gasteiger partial charge is 0.395 e. The van der Waals surface area contributed by atoms with Gasteiger partial charge in [0.1, 0.15) is 0 Å². The third-order valence-electron chi connectivity index (χ3n) is 6.48. The molecule has 1 aromatic carbocycles. The zero-order chi connectivity index (χ0) is 18.1. The zero-order valence-electron chi connectivity index (χ0n) is 15.2. The summed E-state index contributed by atoms with van der Waals surface area (Å²) in [5, 5.41) is 12.5. The number of aliphatic hydroxyl groups is 1. The summed E-state index contributed by atoms with van der Waals surface area (Å²) in [4.78, 5) is 27.0. The average molecular weight is 356 g/mol. The summed E-state index contributed by atoms with van der Waals surface area (Å²) in [6, 6.07) is 9.59. The van der Waals surface area contributed by atoms with Crippen LogP contribution in [0.1, 0.15) is 44.1 Å². The van der Waals surface area contributed by atoms with Gasteiger partial charge < -0.3 is 15.3 Å². The first-order valence-electron chi connectivity index (χ1n) is 9.83. The van der Waals surface area contributed by atoms with Crippen molar-refractivity contribution in [1.82, 2.24) is 10.2 Å². The number of aliphatic hydroxyl groups excluding tert-OH is 1. The van der Waals surface area contributed by atoms with Crippen molar-refractivity contribution < 1.29 is 14.7 Å². The Kier molecular flexibility index (Phi) is 4.74. The predicted octanol–water partition coefficient (Wildman–Crippen LogP) is 2.09. The minimum Gasteiger partial charge on any atom is -0.395 e. The monoisotopic (exact) mass is 356 g/mol. The van der Waals surface area contributed by atoms with Crippen LogP contribution in [0.4, 0.5) is 0 Å². The van der Waals surface area contributed by atoms with E-state index in [9.17, 15) is 14.7 Å². The molecule has 4 aliphatic carbocycles. The van der Waals surface area contributed by atoms with Crippen molar-refractivity contribution in [3.05, 3.63) is 35.9 Å². The van der Waals surface area contributed by atoms with Gasteiger partial charge in [0, 0.05) is 18.6 Å². The van der Waals surface area contributed by atoms with Crippen molar-refractivity contribution in [2.75, 3.05) is 13.2 Å². The Hall–Kier alpha value is -1.88. The van der Waals surface area contributed by atoms with Crippen LogP contribution in [0.5, 0.6) is 0 Å². The topological polar surface area (TPSA) is 69.6 Å². The van der Waals surface area contributed by atoms with E-state index in [1.165, 1.54) is 24.2 Å². The van der Waals surface area contributed by atoms with Gasteiger partial charge in [0.15, 0.2) is 0 Å². The summed E-state index contributed by atoms with van der Waals surface area (Å²) in [5.41, 5.74) is 0.788. The van der Waals surface area contributed by atoms with E-state index >= 15 is 0 Å². The van der Waals surface area contributed by atoms with Crippen LogP contribution in [0.3, 0.4) is 0 Å². The lowest BCUT2D eigenvalue weighted by Crippen LogP contribution is -2.62. The minimum atomic E-state index is -0.529. The van der Waals surface area contributed by atoms with Crippen molar-refractivity contribution in [1.29, 1.82) is 0 Å². The van der Waals surface area contributed by atoms with Gasteiger partial charge in [-0.3, -0.25) is 9.59 Å². The third kappa shape index (κ3) is 3.50. The van der Waals surface area contributed by atoms with Crippen molar-refractivity contribution in [2.45, 2.75) is 50.6 Å². The second-order valence-corrected chi connectivity index (χ2v) is 8.59. The summed E-state index contributed by atoms with van der Waals surface area (Å²) in [5.74, 6) is 1.12. The standard InChI is InChI=1S/C21H28N2O3/c24-7-6-23(14-15-4-2-1-3-5-15)20(26)19(25)22-21-11-16-8-17(12-21)10-18(9-16)13-21/h1-5,16-18,24H,6-14H2,(H,22,25). The first-order chi connectivity index (χ1) is 12.6. The number of rotatable bonds is 5. The number of nitrogens with zero attached hydrogens (tertiary/aromatic N) is 1. The molecule has 0 aliphatic heterocycles. The number of carbonyl (C=O) groups is 2. The molecule has 4 bridgehead atoms. The highest BCUT2D eigenvalue weighted by Crippen LogP contribution is 2.55. The predicted molar refractivity (Wildman–Crippen MR) is 98.0 cm³/mol. The molecule has 1 aromatic rings. The van der Waals surface area contributed by atoms with E-state index in [-0.39, 0.29) is 18.7 Å². The van der Waals surface area contributed by atoms with Crippen molar-refractivity contribution in [2.24, 2.45) is 17.8 Å². The Morgan fingerprint density at radius 1 is 1.04 bits per heavy atom. The van der Waals surface area contributed by atoms with Crippen molar-refractivity contribution >= 4 is 11.8 Å². The Labute approximate surface area is 154 Å². The van der Waals surface area contributed by atoms with E-state index in [4.69, 9.17) is 0 Å². The fraction of sp³-hybridized carbons (Fsp3) is 0.619. The lowest BCUT2D eigenvalue weighted by molar-refractivity contribution is -0.149.